The zero-order valence-electron chi connectivity index (χ0n) is 15.9. The molecule has 6 heteroatoms. The average molecular weight is 358 g/mol. The summed E-state index contributed by atoms with van der Waals surface area (Å²) in [7, 11) is 0. The van der Waals surface area contributed by atoms with E-state index in [9.17, 15) is 9.59 Å². The van der Waals surface area contributed by atoms with Crippen molar-refractivity contribution in [2.24, 2.45) is 0 Å². The monoisotopic (exact) mass is 358 g/mol. The first-order valence-electron chi connectivity index (χ1n) is 9.65. The van der Waals surface area contributed by atoms with Gasteiger partial charge in [0.2, 0.25) is 11.8 Å². The molecule has 2 aliphatic rings. The molecule has 0 aromatic heterocycles. The van der Waals surface area contributed by atoms with Gasteiger partial charge in [0.05, 0.1) is 6.54 Å². The van der Waals surface area contributed by atoms with Gasteiger partial charge in [0.15, 0.2) is 0 Å². The van der Waals surface area contributed by atoms with E-state index in [1.54, 1.807) is 6.92 Å². The van der Waals surface area contributed by atoms with Crippen molar-refractivity contribution in [2.45, 2.75) is 26.3 Å². The van der Waals surface area contributed by atoms with Crippen molar-refractivity contribution >= 4 is 11.8 Å². The molecule has 1 unspecified atom stereocenters. The lowest BCUT2D eigenvalue weighted by Gasteiger charge is -2.39. The molecule has 1 N–H and O–H groups in total. The summed E-state index contributed by atoms with van der Waals surface area (Å²) in [4.78, 5) is 30.2. The minimum Gasteiger partial charge on any atom is -0.339 e. The molecule has 6 nitrogen and oxygen atoms in total. The van der Waals surface area contributed by atoms with Crippen LogP contribution in [0.5, 0.6) is 0 Å². The van der Waals surface area contributed by atoms with Crippen LogP contribution in [0.2, 0.25) is 0 Å². The van der Waals surface area contributed by atoms with Gasteiger partial charge in [-0.15, -0.1) is 0 Å². The summed E-state index contributed by atoms with van der Waals surface area (Å²) in [6.07, 6.45) is 1.04. The van der Waals surface area contributed by atoms with E-state index < -0.39 is 0 Å². The molecule has 2 amide bonds. The van der Waals surface area contributed by atoms with Crippen molar-refractivity contribution in [3.8, 4) is 0 Å². The standard InChI is InChI=1S/C20H30N4O2/c1-3-17-4-6-18(7-5-17)19-14-21-8-9-24(19)15-20(26)23-12-10-22(11-13-23)16(2)25/h4-7,19,21H,3,8-15H2,1-2H3. The van der Waals surface area contributed by atoms with Crippen molar-refractivity contribution in [1.29, 1.82) is 0 Å². The summed E-state index contributed by atoms with van der Waals surface area (Å²) in [5, 5.41) is 3.45. The fourth-order valence-corrected chi connectivity index (χ4v) is 3.78. The number of hydrogen-bond acceptors (Lipinski definition) is 4. The molecule has 0 radical (unpaired) electrons. The summed E-state index contributed by atoms with van der Waals surface area (Å²) in [6.45, 7) is 9.42. The number of rotatable bonds is 4. The van der Waals surface area contributed by atoms with E-state index in [0.29, 0.717) is 32.7 Å². The minimum atomic E-state index is 0.0924. The van der Waals surface area contributed by atoms with Crippen LogP contribution in [0.25, 0.3) is 0 Å². The van der Waals surface area contributed by atoms with Gasteiger partial charge in [-0.3, -0.25) is 14.5 Å². The van der Waals surface area contributed by atoms with Crippen molar-refractivity contribution in [3.63, 3.8) is 0 Å². The highest BCUT2D eigenvalue weighted by Gasteiger charge is 2.28. The van der Waals surface area contributed by atoms with Crippen molar-refractivity contribution in [1.82, 2.24) is 20.0 Å². The number of benzene rings is 1. The van der Waals surface area contributed by atoms with Gasteiger partial charge in [-0.05, 0) is 17.5 Å². The number of piperazine rings is 2. The maximum Gasteiger partial charge on any atom is 0.236 e. The molecule has 2 heterocycles. The number of nitrogens with zero attached hydrogens (tertiary/aromatic N) is 3. The van der Waals surface area contributed by atoms with Crippen LogP contribution >= 0.6 is 0 Å². The third-order valence-corrected chi connectivity index (χ3v) is 5.54. The van der Waals surface area contributed by atoms with Crippen LogP contribution in [-0.2, 0) is 16.0 Å². The smallest absolute Gasteiger partial charge is 0.236 e. The van der Waals surface area contributed by atoms with Crippen molar-refractivity contribution < 1.29 is 9.59 Å². The minimum absolute atomic E-state index is 0.0924. The van der Waals surface area contributed by atoms with Gasteiger partial charge in [-0.1, -0.05) is 31.2 Å². The third-order valence-electron chi connectivity index (χ3n) is 5.54. The first kappa shape index (κ1) is 18.9. The summed E-state index contributed by atoms with van der Waals surface area (Å²) < 4.78 is 0. The fourth-order valence-electron chi connectivity index (χ4n) is 3.78. The highest BCUT2D eigenvalue weighted by Crippen LogP contribution is 2.23. The van der Waals surface area contributed by atoms with E-state index in [4.69, 9.17) is 0 Å². The second-order valence-electron chi connectivity index (χ2n) is 7.17. The van der Waals surface area contributed by atoms with Crippen LogP contribution in [0.4, 0.5) is 0 Å². The lowest BCUT2D eigenvalue weighted by atomic mass is 10.0. The largest absolute Gasteiger partial charge is 0.339 e. The second kappa shape index (κ2) is 8.64. The Morgan fingerprint density at radius 3 is 2.31 bits per heavy atom. The predicted molar refractivity (Wildman–Crippen MR) is 102 cm³/mol. The summed E-state index contributed by atoms with van der Waals surface area (Å²) in [5.41, 5.74) is 2.60. The highest BCUT2D eigenvalue weighted by molar-refractivity contribution is 5.79. The zero-order chi connectivity index (χ0) is 18.5. The first-order chi connectivity index (χ1) is 12.6. The van der Waals surface area contributed by atoms with Gasteiger partial charge in [0.1, 0.15) is 0 Å². The Morgan fingerprint density at radius 1 is 1.04 bits per heavy atom. The maximum absolute atomic E-state index is 12.8. The van der Waals surface area contributed by atoms with Gasteiger partial charge in [-0.2, -0.15) is 0 Å². The molecule has 2 fully saturated rings. The summed E-state index contributed by atoms with van der Waals surface area (Å²) in [6, 6.07) is 8.99. The highest BCUT2D eigenvalue weighted by atomic mass is 16.2. The number of carbonyl (C=O) groups excluding carboxylic acids is 2. The number of hydrogen-bond donors (Lipinski definition) is 1. The van der Waals surface area contributed by atoms with Gasteiger partial charge in [0.25, 0.3) is 0 Å². The molecule has 142 valence electrons. The lowest BCUT2D eigenvalue weighted by Crippen LogP contribution is -2.54. The van der Waals surface area contributed by atoms with Crippen LogP contribution in [0.15, 0.2) is 24.3 Å². The molecule has 2 saturated heterocycles. The molecule has 1 aromatic carbocycles. The van der Waals surface area contributed by atoms with Gasteiger partial charge < -0.3 is 15.1 Å². The summed E-state index contributed by atoms with van der Waals surface area (Å²) in [5.74, 6) is 0.264. The molecule has 0 spiro atoms. The Hall–Kier alpha value is -1.92. The SMILES string of the molecule is CCc1ccc(C2CNCCN2CC(=O)N2CCN(C(C)=O)CC2)cc1. The normalized spacial score (nSPS) is 21.7. The number of aryl methyl sites for hydroxylation is 1. The molecule has 2 aliphatic heterocycles. The van der Waals surface area contributed by atoms with E-state index in [1.807, 2.05) is 9.80 Å². The Kier molecular flexibility index (Phi) is 6.27. The number of amides is 2. The molecule has 1 aromatic rings. The molecule has 26 heavy (non-hydrogen) atoms. The van der Waals surface area contributed by atoms with E-state index >= 15 is 0 Å². The molecule has 0 bridgehead atoms. The Labute approximate surface area is 156 Å². The molecule has 0 aliphatic carbocycles. The molecular weight excluding hydrogens is 328 g/mol. The van der Waals surface area contributed by atoms with Crippen LogP contribution in [0.1, 0.15) is 31.0 Å². The zero-order valence-corrected chi connectivity index (χ0v) is 15.9. The quantitative estimate of drug-likeness (QED) is 0.868. The van der Waals surface area contributed by atoms with Crippen LogP contribution < -0.4 is 5.32 Å². The van der Waals surface area contributed by atoms with E-state index in [1.165, 1.54) is 11.1 Å². The van der Waals surface area contributed by atoms with Crippen LogP contribution in [0.3, 0.4) is 0 Å². The summed E-state index contributed by atoms with van der Waals surface area (Å²) >= 11 is 0. The Morgan fingerprint density at radius 2 is 1.69 bits per heavy atom. The predicted octanol–water partition coefficient (Wildman–Crippen LogP) is 0.886. The fraction of sp³-hybridized carbons (Fsp3) is 0.600. The maximum atomic E-state index is 12.8. The topological polar surface area (TPSA) is 55.9 Å². The first-order valence-corrected chi connectivity index (χ1v) is 9.65. The van der Waals surface area contributed by atoms with Gasteiger partial charge >= 0.3 is 0 Å². The third kappa shape index (κ3) is 4.43. The average Bonchev–Trinajstić information content (AvgIpc) is 2.68. The Balaban J connectivity index is 1.61. The van der Waals surface area contributed by atoms with Crippen molar-refractivity contribution in [2.75, 3.05) is 52.4 Å². The molecular formula is C20H30N4O2. The number of nitrogens with one attached hydrogen (secondary N) is 1. The Bertz CT molecular complexity index is 623. The van der Waals surface area contributed by atoms with Gasteiger partial charge in [0, 0.05) is 58.8 Å². The second-order valence-corrected chi connectivity index (χ2v) is 7.17. The number of carbonyl (C=O) groups is 2. The van der Waals surface area contributed by atoms with E-state index in [-0.39, 0.29) is 17.9 Å². The molecule has 0 saturated carbocycles. The molecule has 1 atom stereocenters. The van der Waals surface area contributed by atoms with Crippen molar-refractivity contribution in [3.05, 3.63) is 35.4 Å². The van der Waals surface area contributed by atoms with E-state index in [2.05, 4.69) is 41.4 Å². The van der Waals surface area contributed by atoms with Gasteiger partial charge in [-0.25, -0.2) is 0 Å². The molecule has 3 rings (SSSR count). The van der Waals surface area contributed by atoms with Crippen LogP contribution in [-0.4, -0.2) is 78.9 Å². The lowest BCUT2D eigenvalue weighted by molar-refractivity contribution is -0.139. The van der Waals surface area contributed by atoms with Crippen LogP contribution in [0, 0.1) is 0 Å². The van der Waals surface area contributed by atoms with E-state index in [0.717, 1.165) is 26.1 Å².